The van der Waals surface area contributed by atoms with Gasteiger partial charge in [0.15, 0.2) is 0 Å². The first kappa shape index (κ1) is 20.5. The fourth-order valence-electron chi connectivity index (χ4n) is 3.32. The van der Waals surface area contributed by atoms with E-state index in [1.807, 2.05) is 19.9 Å². The minimum atomic E-state index is -3.54. The van der Waals surface area contributed by atoms with Crippen molar-refractivity contribution in [2.75, 3.05) is 13.1 Å². The zero-order valence-electron chi connectivity index (χ0n) is 16.1. The second-order valence-corrected chi connectivity index (χ2v) is 9.21. The quantitative estimate of drug-likeness (QED) is 0.833. The van der Waals surface area contributed by atoms with E-state index in [9.17, 15) is 17.6 Å². The number of nitrogens with zero attached hydrogens (tertiary/aromatic N) is 1. The van der Waals surface area contributed by atoms with Gasteiger partial charge in [0.1, 0.15) is 5.82 Å². The first-order chi connectivity index (χ1) is 13.3. The second kappa shape index (κ2) is 8.41. The highest BCUT2D eigenvalue weighted by Gasteiger charge is 2.32. The summed E-state index contributed by atoms with van der Waals surface area (Å²) >= 11 is 0. The number of benzene rings is 2. The van der Waals surface area contributed by atoms with Gasteiger partial charge in [0.25, 0.3) is 0 Å². The zero-order valence-corrected chi connectivity index (χ0v) is 16.9. The van der Waals surface area contributed by atoms with Crippen LogP contribution in [0.4, 0.5) is 4.39 Å². The zero-order chi connectivity index (χ0) is 20.3. The lowest BCUT2D eigenvalue weighted by Crippen LogP contribution is -2.42. The molecule has 5 nitrogen and oxygen atoms in total. The molecule has 0 radical (unpaired) electrons. The third-order valence-electron chi connectivity index (χ3n) is 5.32. The van der Waals surface area contributed by atoms with Crippen molar-refractivity contribution in [3.05, 3.63) is 65.0 Å². The molecule has 28 heavy (non-hydrogen) atoms. The van der Waals surface area contributed by atoms with Gasteiger partial charge in [-0.1, -0.05) is 18.2 Å². The average Bonchev–Trinajstić information content (AvgIpc) is 2.69. The predicted octanol–water partition coefficient (Wildman–Crippen LogP) is 3.16. The van der Waals surface area contributed by atoms with E-state index >= 15 is 0 Å². The molecule has 0 aliphatic carbocycles. The van der Waals surface area contributed by atoms with E-state index < -0.39 is 10.0 Å². The smallest absolute Gasteiger partial charge is 0.243 e. The topological polar surface area (TPSA) is 66.5 Å². The molecule has 3 rings (SSSR count). The number of rotatable bonds is 5. The molecular weight excluding hydrogens is 379 g/mol. The van der Waals surface area contributed by atoms with E-state index in [0.717, 1.165) is 16.7 Å². The fourth-order valence-corrected chi connectivity index (χ4v) is 4.87. The molecule has 2 aromatic rings. The summed E-state index contributed by atoms with van der Waals surface area (Å²) < 4.78 is 40.1. The maximum Gasteiger partial charge on any atom is 0.243 e. The first-order valence-corrected chi connectivity index (χ1v) is 10.8. The number of carbonyl (C=O) groups excluding carboxylic acids is 1. The lowest BCUT2D eigenvalue weighted by molar-refractivity contribution is -0.126. The molecule has 2 aromatic carbocycles. The summed E-state index contributed by atoms with van der Waals surface area (Å²) in [5, 5.41) is 2.86. The highest BCUT2D eigenvalue weighted by Crippen LogP contribution is 2.25. The normalized spacial score (nSPS) is 16.1. The van der Waals surface area contributed by atoms with Crippen molar-refractivity contribution in [1.29, 1.82) is 0 Å². The minimum Gasteiger partial charge on any atom is -0.352 e. The Morgan fingerprint density at radius 3 is 2.32 bits per heavy atom. The number of halogens is 1. The number of hydrogen-bond donors (Lipinski definition) is 1. The number of hydrogen-bond acceptors (Lipinski definition) is 3. The minimum absolute atomic E-state index is 0.0902. The molecule has 1 fully saturated rings. The number of amides is 1. The Hall–Kier alpha value is -2.25. The SMILES string of the molecule is Cc1ccc(S(=O)(=O)N2CCC(C(=O)NCc3ccc(F)cc3)CC2)cc1C. The van der Waals surface area contributed by atoms with Crippen LogP contribution in [0.5, 0.6) is 0 Å². The Labute approximate surface area is 165 Å². The van der Waals surface area contributed by atoms with Crippen LogP contribution in [0.25, 0.3) is 0 Å². The van der Waals surface area contributed by atoms with Crippen molar-refractivity contribution in [2.45, 2.75) is 38.1 Å². The van der Waals surface area contributed by atoms with Gasteiger partial charge in [0.2, 0.25) is 15.9 Å². The standard InChI is InChI=1S/C21H25FN2O3S/c1-15-3-8-20(13-16(15)2)28(26,27)24-11-9-18(10-12-24)21(25)23-14-17-4-6-19(22)7-5-17/h3-8,13,18H,9-12,14H2,1-2H3,(H,23,25). The predicted molar refractivity (Wildman–Crippen MR) is 106 cm³/mol. The third kappa shape index (κ3) is 4.59. The van der Waals surface area contributed by atoms with Crippen LogP contribution in [-0.4, -0.2) is 31.7 Å². The molecule has 0 unspecified atom stereocenters. The summed E-state index contributed by atoms with van der Waals surface area (Å²) in [5.41, 5.74) is 2.82. The van der Waals surface area contributed by atoms with Gasteiger partial charge in [-0.3, -0.25) is 4.79 Å². The molecule has 1 saturated heterocycles. The van der Waals surface area contributed by atoms with E-state index in [0.29, 0.717) is 37.4 Å². The van der Waals surface area contributed by atoms with E-state index in [4.69, 9.17) is 0 Å². The van der Waals surface area contributed by atoms with Crippen molar-refractivity contribution in [2.24, 2.45) is 5.92 Å². The Morgan fingerprint density at radius 2 is 1.71 bits per heavy atom. The highest BCUT2D eigenvalue weighted by atomic mass is 32.2. The molecular formula is C21H25FN2O3S. The fraction of sp³-hybridized carbons (Fsp3) is 0.381. The second-order valence-electron chi connectivity index (χ2n) is 7.27. The van der Waals surface area contributed by atoms with Crippen LogP contribution in [0.15, 0.2) is 47.4 Å². The highest BCUT2D eigenvalue weighted by molar-refractivity contribution is 7.89. The van der Waals surface area contributed by atoms with E-state index in [1.165, 1.54) is 16.4 Å². The maximum absolute atomic E-state index is 12.9. The van der Waals surface area contributed by atoms with Crippen LogP contribution in [-0.2, 0) is 21.4 Å². The molecule has 1 heterocycles. The van der Waals surface area contributed by atoms with E-state index in [1.54, 1.807) is 24.3 Å². The molecule has 0 aromatic heterocycles. The summed E-state index contributed by atoms with van der Waals surface area (Å²) in [6.07, 6.45) is 0.971. The van der Waals surface area contributed by atoms with Gasteiger partial charge in [-0.05, 0) is 67.6 Å². The van der Waals surface area contributed by atoms with Crippen molar-refractivity contribution < 1.29 is 17.6 Å². The monoisotopic (exact) mass is 404 g/mol. The van der Waals surface area contributed by atoms with Gasteiger partial charge in [-0.2, -0.15) is 4.31 Å². The van der Waals surface area contributed by atoms with Gasteiger partial charge in [-0.15, -0.1) is 0 Å². The Bertz CT molecular complexity index is 950. The number of nitrogens with one attached hydrogen (secondary N) is 1. The average molecular weight is 405 g/mol. The molecule has 150 valence electrons. The van der Waals surface area contributed by atoms with E-state index in [2.05, 4.69) is 5.32 Å². The van der Waals surface area contributed by atoms with Gasteiger partial charge < -0.3 is 5.32 Å². The summed E-state index contributed by atoms with van der Waals surface area (Å²) in [6.45, 7) is 4.82. The molecule has 1 amide bonds. The third-order valence-corrected chi connectivity index (χ3v) is 7.22. The van der Waals surface area contributed by atoms with Crippen LogP contribution in [0.3, 0.4) is 0 Å². The van der Waals surface area contributed by atoms with E-state index in [-0.39, 0.29) is 17.6 Å². The Balaban J connectivity index is 1.56. The summed E-state index contributed by atoms with van der Waals surface area (Å²) in [6, 6.07) is 11.1. The van der Waals surface area contributed by atoms with Crippen LogP contribution in [0.1, 0.15) is 29.5 Å². The maximum atomic E-state index is 12.9. The van der Waals surface area contributed by atoms with Crippen molar-refractivity contribution >= 4 is 15.9 Å². The molecule has 1 aliphatic heterocycles. The summed E-state index contributed by atoms with van der Waals surface area (Å²) in [5.74, 6) is -0.619. The molecule has 0 bridgehead atoms. The van der Waals surface area contributed by atoms with Crippen LogP contribution in [0.2, 0.25) is 0 Å². The van der Waals surface area contributed by atoms with Crippen LogP contribution >= 0.6 is 0 Å². The molecule has 1 aliphatic rings. The Kier molecular flexibility index (Phi) is 6.15. The largest absolute Gasteiger partial charge is 0.352 e. The number of sulfonamides is 1. The van der Waals surface area contributed by atoms with Crippen molar-refractivity contribution in [3.8, 4) is 0 Å². The Morgan fingerprint density at radius 1 is 1.07 bits per heavy atom. The molecule has 0 saturated carbocycles. The molecule has 0 spiro atoms. The van der Waals surface area contributed by atoms with Crippen molar-refractivity contribution in [3.63, 3.8) is 0 Å². The van der Waals surface area contributed by atoms with Gasteiger partial charge >= 0.3 is 0 Å². The van der Waals surface area contributed by atoms with Crippen molar-refractivity contribution in [1.82, 2.24) is 9.62 Å². The van der Waals surface area contributed by atoms with Gasteiger partial charge in [0.05, 0.1) is 4.90 Å². The number of aryl methyl sites for hydroxylation is 2. The molecule has 7 heteroatoms. The lowest BCUT2D eigenvalue weighted by Gasteiger charge is -2.30. The number of carbonyl (C=O) groups is 1. The number of piperidine rings is 1. The molecule has 1 N–H and O–H groups in total. The van der Waals surface area contributed by atoms with Gasteiger partial charge in [-0.25, -0.2) is 12.8 Å². The van der Waals surface area contributed by atoms with Crippen LogP contribution < -0.4 is 5.32 Å². The van der Waals surface area contributed by atoms with Gasteiger partial charge in [0, 0.05) is 25.6 Å². The summed E-state index contributed by atoms with van der Waals surface area (Å²) in [7, 11) is -3.54. The lowest BCUT2D eigenvalue weighted by atomic mass is 9.97. The summed E-state index contributed by atoms with van der Waals surface area (Å²) in [4.78, 5) is 12.7. The van der Waals surface area contributed by atoms with Crippen LogP contribution in [0, 0.1) is 25.6 Å². The first-order valence-electron chi connectivity index (χ1n) is 9.37. The molecule has 0 atom stereocenters.